The fourth-order valence-electron chi connectivity index (χ4n) is 2.61. The van der Waals surface area contributed by atoms with E-state index in [1.54, 1.807) is 0 Å². The largest absolute Gasteiger partial charge is 0.329 e. The predicted octanol–water partition coefficient (Wildman–Crippen LogP) is 2.73. The van der Waals surface area contributed by atoms with Crippen molar-refractivity contribution in [2.75, 3.05) is 13.1 Å². The molecule has 2 heteroatoms. The Morgan fingerprint density at radius 2 is 2.00 bits per heavy atom. The topological polar surface area (TPSA) is 38.0 Å². The maximum atomic E-state index is 5.96. The lowest BCUT2D eigenvalue weighted by Gasteiger charge is -2.32. The van der Waals surface area contributed by atoms with Crippen LogP contribution in [0.2, 0.25) is 0 Å². The maximum absolute atomic E-state index is 5.96. The summed E-state index contributed by atoms with van der Waals surface area (Å²) in [4.78, 5) is 0. The van der Waals surface area contributed by atoms with Crippen molar-refractivity contribution in [2.45, 2.75) is 44.6 Å². The molecule has 0 aliphatic heterocycles. The van der Waals surface area contributed by atoms with Crippen molar-refractivity contribution in [3.63, 3.8) is 0 Å². The minimum atomic E-state index is 0.0328. The Morgan fingerprint density at radius 1 is 1.28 bits per heavy atom. The van der Waals surface area contributed by atoms with Gasteiger partial charge in [0.25, 0.3) is 0 Å². The average molecular weight is 246 g/mol. The summed E-state index contributed by atoms with van der Waals surface area (Å²) in [5.41, 5.74) is 7.35. The molecule has 1 aliphatic rings. The van der Waals surface area contributed by atoms with Gasteiger partial charge in [0.05, 0.1) is 0 Å². The van der Waals surface area contributed by atoms with Gasteiger partial charge in [0.1, 0.15) is 0 Å². The lowest BCUT2D eigenvalue weighted by molar-refractivity contribution is 0.270. The zero-order valence-corrected chi connectivity index (χ0v) is 11.5. The Bertz CT molecular complexity index is 345. The molecule has 1 unspecified atom stereocenters. The van der Waals surface area contributed by atoms with Gasteiger partial charge in [-0.05, 0) is 37.8 Å². The minimum absolute atomic E-state index is 0.0328. The molecule has 1 saturated carbocycles. The highest BCUT2D eigenvalue weighted by Crippen LogP contribution is 2.29. The molecular weight excluding hydrogens is 220 g/mol. The van der Waals surface area contributed by atoms with Gasteiger partial charge >= 0.3 is 0 Å². The van der Waals surface area contributed by atoms with Gasteiger partial charge in [0.2, 0.25) is 0 Å². The summed E-state index contributed by atoms with van der Waals surface area (Å²) in [6.07, 6.45) is 6.61. The zero-order valence-electron chi connectivity index (χ0n) is 11.5. The smallest absolute Gasteiger partial charge is 0.0316 e. The van der Waals surface area contributed by atoms with Crippen LogP contribution in [0.4, 0.5) is 0 Å². The van der Waals surface area contributed by atoms with Crippen molar-refractivity contribution in [3.05, 3.63) is 35.9 Å². The first-order chi connectivity index (χ1) is 8.72. The van der Waals surface area contributed by atoms with Gasteiger partial charge in [0, 0.05) is 12.1 Å². The maximum Gasteiger partial charge on any atom is 0.0316 e. The van der Waals surface area contributed by atoms with Crippen LogP contribution < -0.4 is 11.1 Å². The van der Waals surface area contributed by atoms with E-state index in [0.717, 1.165) is 18.9 Å². The summed E-state index contributed by atoms with van der Waals surface area (Å²) >= 11 is 0. The molecule has 0 aromatic heterocycles. The number of nitrogens with two attached hydrogens (primary N) is 1. The Hall–Kier alpha value is -0.860. The van der Waals surface area contributed by atoms with E-state index in [1.165, 1.54) is 31.2 Å². The molecular formula is C16H26N2. The van der Waals surface area contributed by atoms with Gasteiger partial charge in [-0.2, -0.15) is 0 Å². The summed E-state index contributed by atoms with van der Waals surface area (Å²) in [5, 5.41) is 3.67. The second-order valence-electron chi connectivity index (χ2n) is 5.94. The molecule has 1 aliphatic carbocycles. The van der Waals surface area contributed by atoms with Gasteiger partial charge in [-0.3, -0.25) is 0 Å². The van der Waals surface area contributed by atoms with Crippen molar-refractivity contribution in [1.29, 1.82) is 0 Å². The highest BCUT2D eigenvalue weighted by atomic mass is 15.0. The molecule has 1 aromatic rings. The SMILES string of the molecule is CC(CN)(Cc1ccccc1)NCCC1CCC1. The van der Waals surface area contributed by atoms with Gasteiger partial charge in [-0.15, -0.1) is 0 Å². The van der Waals surface area contributed by atoms with E-state index >= 15 is 0 Å². The number of benzene rings is 1. The second-order valence-corrected chi connectivity index (χ2v) is 5.94. The molecule has 2 rings (SSSR count). The Morgan fingerprint density at radius 3 is 2.56 bits per heavy atom. The fourth-order valence-corrected chi connectivity index (χ4v) is 2.61. The third-order valence-electron chi connectivity index (χ3n) is 4.22. The zero-order chi connectivity index (χ0) is 12.8. The predicted molar refractivity (Wildman–Crippen MR) is 77.6 cm³/mol. The molecule has 0 bridgehead atoms. The highest BCUT2D eigenvalue weighted by Gasteiger charge is 2.23. The first-order valence-electron chi connectivity index (χ1n) is 7.21. The van der Waals surface area contributed by atoms with Gasteiger partial charge in [-0.1, -0.05) is 49.6 Å². The molecule has 1 aromatic carbocycles. The summed E-state index contributed by atoms with van der Waals surface area (Å²) in [6, 6.07) is 10.6. The summed E-state index contributed by atoms with van der Waals surface area (Å²) in [5.74, 6) is 0.969. The van der Waals surface area contributed by atoms with E-state index in [0.29, 0.717) is 6.54 Å². The molecule has 1 fully saturated rings. The molecule has 0 heterocycles. The van der Waals surface area contributed by atoms with Crippen LogP contribution in [0.1, 0.15) is 38.2 Å². The molecule has 2 nitrogen and oxygen atoms in total. The third-order valence-corrected chi connectivity index (χ3v) is 4.22. The van der Waals surface area contributed by atoms with Crippen molar-refractivity contribution in [3.8, 4) is 0 Å². The lowest BCUT2D eigenvalue weighted by atomic mass is 9.82. The van der Waals surface area contributed by atoms with Crippen molar-refractivity contribution < 1.29 is 0 Å². The van der Waals surface area contributed by atoms with E-state index < -0.39 is 0 Å². The summed E-state index contributed by atoms with van der Waals surface area (Å²) in [7, 11) is 0. The molecule has 18 heavy (non-hydrogen) atoms. The van der Waals surface area contributed by atoms with Gasteiger partial charge in [-0.25, -0.2) is 0 Å². The van der Waals surface area contributed by atoms with E-state index in [4.69, 9.17) is 5.73 Å². The second kappa shape index (κ2) is 6.35. The van der Waals surface area contributed by atoms with Crippen LogP contribution in [0.3, 0.4) is 0 Å². The Balaban J connectivity index is 1.80. The normalized spacial score (nSPS) is 19.2. The number of rotatable bonds is 7. The van der Waals surface area contributed by atoms with Gasteiger partial charge < -0.3 is 11.1 Å². The van der Waals surface area contributed by atoms with E-state index in [2.05, 4.69) is 42.6 Å². The number of hydrogen-bond donors (Lipinski definition) is 2. The number of nitrogens with one attached hydrogen (secondary N) is 1. The van der Waals surface area contributed by atoms with Crippen LogP contribution in [-0.2, 0) is 6.42 Å². The number of hydrogen-bond acceptors (Lipinski definition) is 2. The van der Waals surface area contributed by atoms with Crippen LogP contribution in [0.5, 0.6) is 0 Å². The van der Waals surface area contributed by atoms with Crippen LogP contribution in [0, 0.1) is 5.92 Å². The molecule has 0 amide bonds. The quantitative estimate of drug-likeness (QED) is 0.776. The van der Waals surface area contributed by atoms with E-state index in [1.807, 2.05) is 0 Å². The van der Waals surface area contributed by atoms with Gasteiger partial charge in [0.15, 0.2) is 0 Å². The standard InChI is InChI=1S/C16H26N2/c1-16(13-17,12-15-6-3-2-4-7-15)18-11-10-14-8-5-9-14/h2-4,6-7,14,18H,5,8-13,17H2,1H3. The van der Waals surface area contributed by atoms with E-state index in [9.17, 15) is 0 Å². The minimum Gasteiger partial charge on any atom is -0.329 e. The van der Waals surface area contributed by atoms with Crippen LogP contribution in [0.25, 0.3) is 0 Å². The molecule has 3 N–H and O–H groups in total. The molecule has 0 spiro atoms. The van der Waals surface area contributed by atoms with Crippen LogP contribution in [-0.4, -0.2) is 18.6 Å². The Kier molecular flexibility index (Phi) is 4.79. The summed E-state index contributed by atoms with van der Waals surface area (Å²) < 4.78 is 0. The Labute approximate surface area is 111 Å². The average Bonchev–Trinajstić information content (AvgIpc) is 2.34. The van der Waals surface area contributed by atoms with Crippen molar-refractivity contribution >= 4 is 0 Å². The molecule has 0 saturated heterocycles. The monoisotopic (exact) mass is 246 g/mol. The third kappa shape index (κ3) is 3.82. The highest BCUT2D eigenvalue weighted by molar-refractivity contribution is 5.17. The van der Waals surface area contributed by atoms with Crippen LogP contribution in [0.15, 0.2) is 30.3 Å². The molecule has 1 atom stereocenters. The van der Waals surface area contributed by atoms with Crippen molar-refractivity contribution in [2.24, 2.45) is 11.7 Å². The first kappa shape index (κ1) is 13.6. The first-order valence-corrected chi connectivity index (χ1v) is 7.21. The summed E-state index contributed by atoms with van der Waals surface area (Å²) in [6.45, 7) is 4.03. The fraction of sp³-hybridized carbons (Fsp3) is 0.625. The van der Waals surface area contributed by atoms with E-state index in [-0.39, 0.29) is 5.54 Å². The lowest BCUT2D eigenvalue weighted by Crippen LogP contribution is -2.51. The van der Waals surface area contributed by atoms with Crippen LogP contribution >= 0.6 is 0 Å². The van der Waals surface area contributed by atoms with Crippen molar-refractivity contribution in [1.82, 2.24) is 5.32 Å². The molecule has 100 valence electrons. The molecule has 0 radical (unpaired) electrons.